The largest absolute Gasteiger partial charge is 0.352 e. The maximum Gasteiger partial charge on any atom is 0.306 e. The Balaban J connectivity index is 2.24. The van der Waals surface area contributed by atoms with Crippen molar-refractivity contribution >= 4 is 17.3 Å². The number of nitro groups is 1. The Bertz CT molecular complexity index is 485. The van der Waals surface area contributed by atoms with Crippen molar-refractivity contribution in [3.63, 3.8) is 0 Å². The van der Waals surface area contributed by atoms with Gasteiger partial charge in [-0.2, -0.15) is 0 Å². The van der Waals surface area contributed by atoms with Gasteiger partial charge in [0, 0.05) is 6.54 Å². The zero-order valence-corrected chi connectivity index (χ0v) is 9.68. The van der Waals surface area contributed by atoms with Crippen molar-refractivity contribution in [2.24, 2.45) is 11.8 Å². The first-order valence-electron chi connectivity index (χ1n) is 5.65. The Labute approximate surface area is 103 Å². The number of nitrogens with zero attached hydrogens (tertiary/aromatic N) is 1. The summed E-state index contributed by atoms with van der Waals surface area (Å²) in [6, 6.07) is 4.42. The number of hydrogen-bond acceptors (Lipinski definition) is 5. The highest BCUT2D eigenvalue weighted by Crippen LogP contribution is 2.29. The number of amides is 1. The first-order valence-corrected chi connectivity index (χ1v) is 5.65. The number of nitro benzene ring substituents is 1. The van der Waals surface area contributed by atoms with E-state index in [9.17, 15) is 14.9 Å². The van der Waals surface area contributed by atoms with Crippen LogP contribution < -0.4 is 16.6 Å². The summed E-state index contributed by atoms with van der Waals surface area (Å²) in [4.78, 5) is 22.3. The summed E-state index contributed by atoms with van der Waals surface area (Å²) in [5.41, 5.74) is 2.08. The van der Waals surface area contributed by atoms with Crippen LogP contribution in [-0.4, -0.2) is 17.4 Å². The van der Waals surface area contributed by atoms with Gasteiger partial charge in [-0.3, -0.25) is 20.8 Å². The summed E-state index contributed by atoms with van der Waals surface area (Å²) in [6.07, 6.45) is 2.21. The molecule has 0 saturated heterocycles. The predicted octanol–water partition coefficient (Wildman–Crippen LogP) is 1.02. The lowest BCUT2D eigenvalue weighted by Gasteiger charge is -2.07. The third-order valence-electron chi connectivity index (χ3n) is 2.87. The first-order chi connectivity index (χ1) is 8.63. The summed E-state index contributed by atoms with van der Waals surface area (Å²) in [5, 5.41) is 13.7. The van der Waals surface area contributed by atoms with Gasteiger partial charge in [0.2, 0.25) is 0 Å². The van der Waals surface area contributed by atoms with Crippen molar-refractivity contribution in [2.45, 2.75) is 12.8 Å². The quantitative estimate of drug-likeness (QED) is 0.410. The van der Waals surface area contributed by atoms with Crippen molar-refractivity contribution < 1.29 is 9.72 Å². The molecule has 0 unspecified atom stereocenters. The van der Waals surface area contributed by atoms with E-state index in [-0.39, 0.29) is 16.9 Å². The topological polar surface area (TPSA) is 110 Å². The molecule has 1 saturated carbocycles. The molecule has 1 aliphatic carbocycles. The molecular formula is C11H14N4O3. The van der Waals surface area contributed by atoms with Crippen LogP contribution in [0.15, 0.2) is 18.2 Å². The van der Waals surface area contributed by atoms with Gasteiger partial charge in [0.05, 0.1) is 4.92 Å². The normalized spacial score (nSPS) is 14.1. The maximum absolute atomic E-state index is 11.9. The molecular weight excluding hydrogens is 236 g/mol. The van der Waals surface area contributed by atoms with Gasteiger partial charge in [-0.05, 0) is 30.9 Å². The zero-order valence-electron chi connectivity index (χ0n) is 9.68. The molecule has 4 N–H and O–H groups in total. The highest BCUT2D eigenvalue weighted by molar-refractivity contribution is 6.00. The van der Waals surface area contributed by atoms with E-state index in [1.54, 1.807) is 6.07 Å². The van der Waals surface area contributed by atoms with E-state index in [1.807, 2.05) is 0 Å². The predicted molar refractivity (Wildman–Crippen MR) is 66.0 cm³/mol. The SMILES string of the molecule is NNc1cccc(C(=O)NCC2CC2)c1[N+](=O)[O-]. The minimum Gasteiger partial charge on any atom is -0.352 e. The zero-order chi connectivity index (χ0) is 13.1. The number of anilines is 1. The molecule has 0 spiro atoms. The summed E-state index contributed by atoms with van der Waals surface area (Å²) in [7, 11) is 0. The van der Waals surface area contributed by atoms with Gasteiger partial charge < -0.3 is 10.7 Å². The molecule has 1 aromatic rings. The molecule has 0 aliphatic heterocycles. The molecule has 7 nitrogen and oxygen atoms in total. The Kier molecular flexibility index (Phi) is 3.42. The van der Waals surface area contributed by atoms with Crippen molar-refractivity contribution in [1.82, 2.24) is 5.32 Å². The van der Waals surface area contributed by atoms with Gasteiger partial charge in [0.25, 0.3) is 5.91 Å². The number of carbonyl (C=O) groups excluding carboxylic acids is 1. The van der Waals surface area contributed by atoms with Crippen molar-refractivity contribution in [1.29, 1.82) is 0 Å². The van der Waals surface area contributed by atoms with Crippen molar-refractivity contribution in [3.05, 3.63) is 33.9 Å². The number of nitrogens with two attached hydrogens (primary N) is 1. The molecule has 1 aromatic carbocycles. The van der Waals surface area contributed by atoms with E-state index in [0.717, 1.165) is 12.8 Å². The van der Waals surface area contributed by atoms with Crippen LogP contribution >= 0.6 is 0 Å². The molecule has 0 atom stereocenters. The first kappa shape index (κ1) is 12.3. The smallest absolute Gasteiger partial charge is 0.306 e. The second kappa shape index (κ2) is 5.01. The van der Waals surface area contributed by atoms with Gasteiger partial charge in [-0.25, -0.2) is 0 Å². The number of para-hydroxylation sites is 1. The lowest BCUT2D eigenvalue weighted by Crippen LogP contribution is -2.26. The average Bonchev–Trinajstić information content (AvgIpc) is 3.18. The number of carbonyl (C=O) groups is 1. The molecule has 0 heterocycles. The van der Waals surface area contributed by atoms with Crippen LogP contribution in [0.5, 0.6) is 0 Å². The highest BCUT2D eigenvalue weighted by atomic mass is 16.6. The monoisotopic (exact) mass is 250 g/mol. The molecule has 7 heteroatoms. The summed E-state index contributed by atoms with van der Waals surface area (Å²) in [6.45, 7) is 0.566. The van der Waals surface area contributed by atoms with Crippen LogP contribution in [-0.2, 0) is 0 Å². The second-order valence-electron chi connectivity index (χ2n) is 4.26. The second-order valence-corrected chi connectivity index (χ2v) is 4.26. The molecule has 1 fully saturated rings. The molecule has 96 valence electrons. The molecule has 0 bridgehead atoms. The fraction of sp³-hybridized carbons (Fsp3) is 0.364. The molecule has 1 amide bonds. The fourth-order valence-electron chi connectivity index (χ4n) is 1.69. The maximum atomic E-state index is 11.9. The van der Waals surface area contributed by atoms with Crippen LogP contribution in [0.3, 0.4) is 0 Å². The van der Waals surface area contributed by atoms with Crippen molar-refractivity contribution in [2.75, 3.05) is 12.0 Å². The van der Waals surface area contributed by atoms with E-state index in [1.165, 1.54) is 12.1 Å². The molecule has 0 aromatic heterocycles. The number of hydrazine groups is 1. The van der Waals surface area contributed by atoms with Gasteiger partial charge in [0.15, 0.2) is 0 Å². The van der Waals surface area contributed by atoms with Crippen LogP contribution in [0.2, 0.25) is 0 Å². The lowest BCUT2D eigenvalue weighted by atomic mass is 10.1. The molecule has 1 aliphatic rings. The lowest BCUT2D eigenvalue weighted by molar-refractivity contribution is -0.384. The van der Waals surface area contributed by atoms with Gasteiger partial charge in [-0.15, -0.1) is 0 Å². The number of nitrogens with one attached hydrogen (secondary N) is 2. The van der Waals surface area contributed by atoms with Crippen LogP contribution in [0.25, 0.3) is 0 Å². The Morgan fingerprint density at radius 1 is 1.50 bits per heavy atom. The third kappa shape index (κ3) is 2.57. The minimum atomic E-state index is -0.610. The molecule has 0 radical (unpaired) electrons. The third-order valence-corrected chi connectivity index (χ3v) is 2.87. The minimum absolute atomic E-state index is 0.0242. The molecule has 2 rings (SSSR count). The van der Waals surface area contributed by atoms with Crippen LogP contribution in [0, 0.1) is 16.0 Å². The van der Waals surface area contributed by atoms with Gasteiger partial charge in [-0.1, -0.05) is 6.07 Å². The Morgan fingerprint density at radius 2 is 2.22 bits per heavy atom. The number of benzene rings is 1. The van der Waals surface area contributed by atoms with E-state index in [2.05, 4.69) is 10.7 Å². The summed E-state index contributed by atoms with van der Waals surface area (Å²) < 4.78 is 0. The van der Waals surface area contributed by atoms with Gasteiger partial charge in [0.1, 0.15) is 11.3 Å². The number of rotatable bonds is 5. The standard InChI is InChI=1S/C11H14N4O3/c12-14-9-3-1-2-8(10(9)15(17)18)11(16)13-6-7-4-5-7/h1-3,7,14H,4-6,12H2,(H,13,16). The highest BCUT2D eigenvalue weighted by Gasteiger charge is 2.26. The van der Waals surface area contributed by atoms with Crippen LogP contribution in [0.4, 0.5) is 11.4 Å². The van der Waals surface area contributed by atoms with Crippen LogP contribution in [0.1, 0.15) is 23.2 Å². The Hall–Kier alpha value is -2.15. The van der Waals surface area contributed by atoms with Crippen molar-refractivity contribution in [3.8, 4) is 0 Å². The van der Waals surface area contributed by atoms with E-state index < -0.39 is 10.8 Å². The average molecular weight is 250 g/mol. The van der Waals surface area contributed by atoms with E-state index in [0.29, 0.717) is 12.5 Å². The number of nitrogen functional groups attached to an aromatic ring is 1. The van der Waals surface area contributed by atoms with E-state index >= 15 is 0 Å². The fourth-order valence-corrected chi connectivity index (χ4v) is 1.69. The number of hydrogen-bond donors (Lipinski definition) is 3. The summed E-state index contributed by atoms with van der Waals surface area (Å²) in [5.74, 6) is 5.28. The van der Waals surface area contributed by atoms with Gasteiger partial charge >= 0.3 is 5.69 Å². The molecule has 18 heavy (non-hydrogen) atoms. The van der Waals surface area contributed by atoms with E-state index in [4.69, 9.17) is 5.84 Å². The summed E-state index contributed by atoms with van der Waals surface area (Å²) >= 11 is 0. The Morgan fingerprint density at radius 3 is 2.78 bits per heavy atom.